The fourth-order valence-corrected chi connectivity index (χ4v) is 1.44. The zero-order chi connectivity index (χ0) is 12.8. The van der Waals surface area contributed by atoms with Crippen LogP contribution in [0.15, 0.2) is 48.5 Å². The van der Waals surface area contributed by atoms with E-state index < -0.39 is 0 Å². The van der Waals surface area contributed by atoms with Gasteiger partial charge >= 0.3 is 6.03 Å². The highest BCUT2D eigenvalue weighted by Crippen LogP contribution is 2.08. The number of pyridine rings is 1. The molecule has 2 aromatic rings. The van der Waals surface area contributed by atoms with Crippen molar-refractivity contribution >= 4 is 17.5 Å². The Kier molecular flexibility index (Phi) is 3.88. The minimum Gasteiger partial charge on any atom is -0.390 e. The number of nitrogens with zero attached hydrogens (tertiary/aromatic N) is 1. The van der Waals surface area contributed by atoms with E-state index in [0.717, 1.165) is 0 Å². The van der Waals surface area contributed by atoms with Gasteiger partial charge in [0.25, 0.3) is 0 Å². The molecule has 5 nitrogen and oxygen atoms in total. The average Bonchev–Trinajstić information content (AvgIpc) is 2.40. The molecule has 5 heteroatoms. The standard InChI is InChI=1S/C13H13N3O2/c17-9-11-7-4-8-12(14-11)16-13(18)15-10-5-2-1-3-6-10/h1-8,17H,9H2,(H2,14,15,16,18). The van der Waals surface area contributed by atoms with Gasteiger partial charge in [0.05, 0.1) is 12.3 Å². The van der Waals surface area contributed by atoms with Gasteiger partial charge in [-0.15, -0.1) is 0 Å². The van der Waals surface area contributed by atoms with Crippen molar-refractivity contribution < 1.29 is 9.90 Å². The van der Waals surface area contributed by atoms with Crippen LogP contribution in [0.3, 0.4) is 0 Å². The van der Waals surface area contributed by atoms with Gasteiger partial charge in [-0.1, -0.05) is 24.3 Å². The zero-order valence-corrected chi connectivity index (χ0v) is 9.63. The molecule has 2 rings (SSSR count). The number of nitrogens with one attached hydrogen (secondary N) is 2. The Labute approximate surface area is 104 Å². The molecule has 0 aliphatic carbocycles. The molecule has 0 bridgehead atoms. The van der Waals surface area contributed by atoms with Crippen LogP contribution >= 0.6 is 0 Å². The molecule has 92 valence electrons. The van der Waals surface area contributed by atoms with Crippen LogP contribution in [0.25, 0.3) is 0 Å². The number of para-hydroxylation sites is 1. The monoisotopic (exact) mass is 243 g/mol. The highest BCUT2D eigenvalue weighted by atomic mass is 16.3. The zero-order valence-electron chi connectivity index (χ0n) is 9.63. The van der Waals surface area contributed by atoms with Crippen molar-refractivity contribution in [2.24, 2.45) is 0 Å². The smallest absolute Gasteiger partial charge is 0.324 e. The van der Waals surface area contributed by atoms with Gasteiger partial charge in [-0.25, -0.2) is 9.78 Å². The highest BCUT2D eigenvalue weighted by molar-refractivity contribution is 5.99. The Morgan fingerprint density at radius 2 is 1.83 bits per heavy atom. The number of benzene rings is 1. The first kappa shape index (κ1) is 12.1. The number of aliphatic hydroxyl groups excluding tert-OH is 1. The van der Waals surface area contributed by atoms with E-state index in [2.05, 4.69) is 15.6 Å². The van der Waals surface area contributed by atoms with E-state index in [1.165, 1.54) is 0 Å². The molecule has 0 atom stereocenters. The first-order chi connectivity index (χ1) is 8.78. The number of anilines is 2. The summed E-state index contributed by atoms with van der Waals surface area (Å²) < 4.78 is 0. The van der Waals surface area contributed by atoms with Crippen LogP contribution in [0.1, 0.15) is 5.69 Å². The van der Waals surface area contributed by atoms with Gasteiger partial charge in [-0.05, 0) is 24.3 Å². The number of aromatic nitrogens is 1. The number of amides is 2. The maximum absolute atomic E-state index is 11.7. The fourth-order valence-electron chi connectivity index (χ4n) is 1.44. The van der Waals surface area contributed by atoms with Gasteiger partial charge in [0.2, 0.25) is 0 Å². The molecule has 18 heavy (non-hydrogen) atoms. The Morgan fingerprint density at radius 1 is 1.06 bits per heavy atom. The Balaban J connectivity index is 1.99. The largest absolute Gasteiger partial charge is 0.390 e. The van der Waals surface area contributed by atoms with E-state index >= 15 is 0 Å². The van der Waals surface area contributed by atoms with Crippen molar-refractivity contribution in [2.45, 2.75) is 6.61 Å². The van der Waals surface area contributed by atoms with Crippen molar-refractivity contribution in [3.8, 4) is 0 Å². The summed E-state index contributed by atoms with van der Waals surface area (Å²) in [7, 11) is 0. The molecule has 3 N–H and O–H groups in total. The lowest BCUT2D eigenvalue weighted by Gasteiger charge is -2.07. The maximum atomic E-state index is 11.7. The summed E-state index contributed by atoms with van der Waals surface area (Å²) in [6.07, 6.45) is 0. The van der Waals surface area contributed by atoms with E-state index in [1.54, 1.807) is 30.3 Å². The molecule has 0 unspecified atom stereocenters. The molecule has 0 saturated heterocycles. The second-order valence-electron chi connectivity index (χ2n) is 3.62. The summed E-state index contributed by atoms with van der Waals surface area (Å²) in [6.45, 7) is -0.157. The molecule has 1 aromatic heterocycles. The molecule has 1 aromatic carbocycles. The molecule has 0 aliphatic rings. The first-order valence-electron chi connectivity index (χ1n) is 5.48. The lowest BCUT2D eigenvalue weighted by molar-refractivity contribution is 0.262. The lowest BCUT2D eigenvalue weighted by Crippen LogP contribution is -2.20. The molecule has 2 amide bonds. The third kappa shape index (κ3) is 3.29. The van der Waals surface area contributed by atoms with Crippen LogP contribution in [0.4, 0.5) is 16.3 Å². The Morgan fingerprint density at radius 3 is 2.56 bits per heavy atom. The van der Waals surface area contributed by atoms with Crippen molar-refractivity contribution in [3.05, 3.63) is 54.2 Å². The lowest BCUT2D eigenvalue weighted by atomic mass is 10.3. The molecule has 0 fully saturated rings. The maximum Gasteiger partial charge on any atom is 0.324 e. The van der Waals surface area contributed by atoms with Gasteiger partial charge < -0.3 is 10.4 Å². The molecule has 0 aliphatic heterocycles. The topological polar surface area (TPSA) is 74.2 Å². The van der Waals surface area contributed by atoms with Gasteiger partial charge in [0.15, 0.2) is 0 Å². The molecule has 0 radical (unpaired) electrons. The summed E-state index contributed by atoms with van der Waals surface area (Å²) in [5.41, 5.74) is 1.21. The van der Waals surface area contributed by atoms with Crippen LogP contribution in [-0.4, -0.2) is 16.1 Å². The molecule has 1 heterocycles. The highest BCUT2D eigenvalue weighted by Gasteiger charge is 2.03. The van der Waals surface area contributed by atoms with Crippen LogP contribution < -0.4 is 10.6 Å². The van der Waals surface area contributed by atoms with Crippen LogP contribution in [-0.2, 0) is 6.61 Å². The Bertz CT molecular complexity index is 529. The van der Waals surface area contributed by atoms with Crippen molar-refractivity contribution in [1.82, 2.24) is 4.98 Å². The number of carbonyl (C=O) groups is 1. The van der Waals surface area contributed by atoms with Gasteiger partial charge in [0.1, 0.15) is 5.82 Å². The third-order valence-electron chi connectivity index (χ3n) is 2.24. The van der Waals surface area contributed by atoms with Crippen molar-refractivity contribution in [1.29, 1.82) is 0 Å². The fraction of sp³-hybridized carbons (Fsp3) is 0.0769. The van der Waals surface area contributed by atoms with Crippen molar-refractivity contribution in [3.63, 3.8) is 0 Å². The minimum absolute atomic E-state index is 0.157. The van der Waals surface area contributed by atoms with Gasteiger partial charge in [0, 0.05) is 5.69 Å². The summed E-state index contributed by atoms with van der Waals surface area (Å²) in [5.74, 6) is 0.398. The molecular weight excluding hydrogens is 230 g/mol. The summed E-state index contributed by atoms with van der Waals surface area (Å²) >= 11 is 0. The van der Waals surface area contributed by atoms with E-state index in [1.807, 2.05) is 18.2 Å². The second kappa shape index (κ2) is 5.79. The summed E-state index contributed by atoms with van der Waals surface area (Å²) in [6, 6.07) is 13.8. The summed E-state index contributed by atoms with van der Waals surface area (Å²) in [5, 5.41) is 14.2. The van der Waals surface area contributed by atoms with Gasteiger partial charge in [-0.3, -0.25) is 5.32 Å². The van der Waals surface area contributed by atoms with E-state index in [-0.39, 0.29) is 12.6 Å². The third-order valence-corrected chi connectivity index (χ3v) is 2.24. The van der Waals surface area contributed by atoms with Gasteiger partial charge in [-0.2, -0.15) is 0 Å². The normalized spacial score (nSPS) is 9.83. The van der Waals surface area contributed by atoms with E-state index in [4.69, 9.17) is 5.11 Å². The number of carbonyl (C=O) groups excluding carboxylic acids is 1. The molecular formula is C13H13N3O2. The van der Waals surface area contributed by atoms with Crippen molar-refractivity contribution in [2.75, 3.05) is 10.6 Å². The van der Waals surface area contributed by atoms with E-state index in [0.29, 0.717) is 17.2 Å². The quantitative estimate of drug-likeness (QED) is 0.773. The van der Waals surface area contributed by atoms with Crippen LogP contribution in [0, 0.1) is 0 Å². The molecule has 0 saturated carbocycles. The molecule has 0 spiro atoms. The Hall–Kier alpha value is -2.40. The number of hydrogen-bond donors (Lipinski definition) is 3. The van der Waals surface area contributed by atoms with Crippen LogP contribution in [0.2, 0.25) is 0 Å². The number of aliphatic hydroxyl groups is 1. The van der Waals surface area contributed by atoms with E-state index in [9.17, 15) is 4.79 Å². The number of rotatable bonds is 3. The SMILES string of the molecule is O=C(Nc1ccccc1)Nc1cccc(CO)n1. The average molecular weight is 243 g/mol. The second-order valence-corrected chi connectivity index (χ2v) is 3.62. The number of urea groups is 1. The first-order valence-corrected chi connectivity index (χ1v) is 5.48. The van der Waals surface area contributed by atoms with Crippen LogP contribution in [0.5, 0.6) is 0 Å². The predicted molar refractivity (Wildman–Crippen MR) is 69.2 cm³/mol. The summed E-state index contributed by atoms with van der Waals surface area (Å²) in [4.78, 5) is 15.7. The minimum atomic E-state index is -0.371. The predicted octanol–water partition coefficient (Wildman–Crippen LogP) is 2.22. The number of hydrogen-bond acceptors (Lipinski definition) is 3.